The highest BCUT2D eigenvalue weighted by Crippen LogP contribution is 2.43. The van der Waals surface area contributed by atoms with Gasteiger partial charge >= 0.3 is 0 Å². The summed E-state index contributed by atoms with van der Waals surface area (Å²) in [6.45, 7) is 6.12. The van der Waals surface area contributed by atoms with E-state index in [9.17, 15) is 0 Å². The van der Waals surface area contributed by atoms with Crippen molar-refractivity contribution < 1.29 is 4.74 Å². The molecule has 0 bridgehead atoms. The number of ether oxygens (including phenoxy) is 1. The molecule has 182 valence electrons. The second-order valence-electron chi connectivity index (χ2n) is 10.1. The molecule has 2 aliphatic rings. The molecule has 36 heavy (non-hydrogen) atoms. The SMILES string of the molecule is CN1CN(c2cccc(Oc3cccc(N4CN(C)C(C)(C)c5ccccc54)c3)c2)c2cccnc21. The summed E-state index contributed by atoms with van der Waals surface area (Å²) in [5.41, 5.74) is 5.83. The van der Waals surface area contributed by atoms with Gasteiger partial charge in [-0.25, -0.2) is 4.98 Å². The van der Waals surface area contributed by atoms with Crippen LogP contribution in [-0.4, -0.2) is 37.3 Å². The van der Waals surface area contributed by atoms with Crippen molar-refractivity contribution in [3.63, 3.8) is 0 Å². The van der Waals surface area contributed by atoms with E-state index in [0.717, 1.165) is 47.7 Å². The fraction of sp³-hybridized carbons (Fsp3) is 0.233. The van der Waals surface area contributed by atoms with E-state index in [1.807, 2.05) is 30.5 Å². The Hall–Kier alpha value is -4.03. The Labute approximate surface area is 213 Å². The molecule has 0 radical (unpaired) electrons. The minimum absolute atomic E-state index is 0.0284. The van der Waals surface area contributed by atoms with Crippen LogP contribution in [0.15, 0.2) is 91.1 Å². The third kappa shape index (κ3) is 3.74. The Morgan fingerprint density at radius 2 is 1.36 bits per heavy atom. The molecule has 0 N–H and O–H groups in total. The number of nitrogens with zero attached hydrogens (tertiary/aromatic N) is 5. The molecule has 0 saturated carbocycles. The average molecular weight is 478 g/mol. The largest absolute Gasteiger partial charge is 0.457 e. The maximum atomic E-state index is 6.38. The van der Waals surface area contributed by atoms with Gasteiger partial charge in [0.1, 0.15) is 11.5 Å². The maximum Gasteiger partial charge on any atom is 0.153 e. The highest BCUT2D eigenvalue weighted by atomic mass is 16.5. The first-order valence-corrected chi connectivity index (χ1v) is 12.3. The van der Waals surface area contributed by atoms with Gasteiger partial charge in [0.15, 0.2) is 5.82 Å². The quantitative estimate of drug-likeness (QED) is 0.326. The summed E-state index contributed by atoms with van der Waals surface area (Å²) >= 11 is 0. The van der Waals surface area contributed by atoms with Crippen molar-refractivity contribution in [1.29, 1.82) is 0 Å². The van der Waals surface area contributed by atoms with Crippen LogP contribution in [-0.2, 0) is 5.54 Å². The number of benzene rings is 3. The van der Waals surface area contributed by atoms with Crippen LogP contribution >= 0.6 is 0 Å². The van der Waals surface area contributed by atoms with Gasteiger partial charge in [0.05, 0.1) is 19.0 Å². The molecule has 0 atom stereocenters. The predicted octanol–water partition coefficient (Wildman–Crippen LogP) is 6.70. The molecule has 2 aliphatic heterocycles. The number of hydrogen-bond donors (Lipinski definition) is 0. The van der Waals surface area contributed by atoms with Crippen molar-refractivity contribution in [2.75, 3.05) is 42.1 Å². The number of aromatic nitrogens is 1. The summed E-state index contributed by atoms with van der Waals surface area (Å²) in [6.07, 6.45) is 1.84. The van der Waals surface area contributed by atoms with E-state index in [4.69, 9.17) is 4.74 Å². The summed E-state index contributed by atoms with van der Waals surface area (Å²) in [6, 6.07) is 29.4. The second kappa shape index (κ2) is 8.57. The molecular formula is C30H31N5O. The molecule has 0 spiro atoms. The average Bonchev–Trinajstić information content (AvgIpc) is 3.23. The van der Waals surface area contributed by atoms with E-state index in [2.05, 4.69) is 113 Å². The van der Waals surface area contributed by atoms with Gasteiger partial charge < -0.3 is 19.4 Å². The Balaban J connectivity index is 1.28. The predicted molar refractivity (Wildman–Crippen MR) is 147 cm³/mol. The van der Waals surface area contributed by atoms with Crippen LogP contribution in [0.2, 0.25) is 0 Å². The van der Waals surface area contributed by atoms with E-state index in [0.29, 0.717) is 0 Å². The molecule has 0 unspecified atom stereocenters. The molecule has 0 fully saturated rings. The Bertz CT molecular complexity index is 1420. The topological polar surface area (TPSA) is 35.1 Å². The van der Waals surface area contributed by atoms with Crippen LogP contribution in [0, 0.1) is 0 Å². The van der Waals surface area contributed by atoms with Crippen molar-refractivity contribution in [2.45, 2.75) is 19.4 Å². The van der Waals surface area contributed by atoms with Gasteiger partial charge in [-0.2, -0.15) is 0 Å². The number of anilines is 5. The van der Waals surface area contributed by atoms with Crippen LogP contribution in [0.4, 0.5) is 28.6 Å². The third-order valence-corrected chi connectivity index (χ3v) is 7.43. The summed E-state index contributed by atoms with van der Waals surface area (Å²) in [5.74, 6) is 2.61. The monoisotopic (exact) mass is 477 g/mol. The van der Waals surface area contributed by atoms with E-state index < -0.39 is 0 Å². The van der Waals surface area contributed by atoms with Gasteiger partial charge in [-0.05, 0) is 68.9 Å². The lowest BCUT2D eigenvalue weighted by Gasteiger charge is -2.47. The molecule has 3 heterocycles. The summed E-state index contributed by atoms with van der Waals surface area (Å²) < 4.78 is 6.38. The van der Waals surface area contributed by atoms with Gasteiger partial charge in [-0.15, -0.1) is 0 Å². The van der Waals surface area contributed by atoms with Crippen LogP contribution in [0.1, 0.15) is 19.4 Å². The molecule has 1 aromatic heterocycles. The van der Waals surface area contributed by atoms with Crippen molar-refractivity contribution >= 4 is 28.6 Å². The molecule has 6 rings (SSSR count). The number of para-hydroxylation sites is 1. The zero-order chi connectivity index (χ0) is 24.9. The lowest BCUT2D eigenvalue weighted by atomic mass is 9.88. The minimum atomic E-state index is -0.0284. The molecule has 6 nitrogen and oxygen atoms in total. The van der Waals surface area contributed by atoms with Crippen molar-refractivity contribution in [2.24, 2.45) is 0 Å². The van der Waals surface area contributed by atoms with E-state index in [-0.39, 0.29) is 5.54 Å². The molecule has 6 heteroatoms. The normalized spacial score (nSPS) is 16.6. The van der Waals surface area contributed by atoms with Crippen molar-refractivity contribution in [1.82, 2.24) is 9.88 Å². The van der Waals surface area contributed by atoms with Crippen LogP contribution < -0.4 is 19.4 Å². The molecule has 0 aliphatic carbocycles. The van der Waals surface area contributed by atoms with Crippen LogP contribution in [0.3, 0.4) is 0 Å². The molecule has 0 amide bonds. The van der Waals surface area contributed by atoms with Crippen LogP contribution in [0.25, 0.3) is 0 Å². The van der Waals surface area contributed by atoms with E-state index in [1.165, 1.54) is 11.3 Å². The van der Waals surface area contributed by atoms with Gasteiger partial charge in [0.2, 0.25) is 0 Å². The number of pyridine rings is 1. The molecule has 0 saturated heterocycles. The highest BCUT2D eigenvalue weighted by Gasteiger charge is 2.35. The Morgan fingerprint density at radius 3 is 2.08 bits per heavy atom. The highest BCUT2D eigenvalue weighted by molar-refractivity contribution is 5.79. The maximum absolute atomic E-state index is 6.38. The first kappa shape index (κ1) is 22.4. The zero-order valence-electron chi connectivity index (χ0n) is 21.2. The van der Waals surface area contributed by atoms with Gasteiger partial charge in [0, 0.05) is 48.0 Å². The van der Waals surface area contributed by atoms with E-state index >= 15 is 0 Å². The fourth-order valence-electron chi connectivity index (χ4n) is 5.15. The number of hydrogen-bond acceptors (Lipinski definition) is 6. The molecular weight excluding hydrogens is 446 g/mol. The Morgan fingerprint density at radius 1 is 0.722 bits per heavy atom. The summed E-state index contributed by atoms with van der Waals surface area (Å²) in [4.78, 5) is 13.7. The summed E-state index contributed by atoms with van der Waals surface area (Å²) in [5, 5.41) is 0. The van der Waals surface area contributed by atoms with Crippen molar-refractivity contribution in [3.8, 4) is 11.5 Å². The smallest absolute Gasteiger partial charge is 0.153 e. The number of rotatable bonds is 4. The first-order valence-electron chi connectivity index (χ1n) is 12.3. The van der Waals surface area contributed by atoms with Gasteiger partial charge in [0.25, 0.3) is 0 Å². The summed E-state index contributed by atoms with van der Waals surface area (Å²) in [7, 11) is 4.24. The first-order chi connectivity index (χ1) is 17.4. The fourth-order valence-corrected chi connectivity index (χ4v) is 5.15. The lowest BCUT2D eigenvalue weighted by Crippen LogP contribution is -2.49. The second-order valence-corrected chi connectivity index (χ2v) is 10.1. The molecule has 4 aromatic rings. The Kier molecular flexibility index (Phi) is 5.34. The van der Waals surface area contributed by atoms with Crippen LogP contribution in [0.5, 0.6) is 11.5 Å². The van der Waals surface area contributed by atoms with E-state index in [1.54, 1.807) is 0 Å². The van der Waals surface area contributed by atoms with Gasteiger partial charge in [-0.1, -0.05) is 30.3 Å². The zero-order valence-corrected chi connectivity index (χ0v) is 21.2. The minimum Gasteiger partial charge on any atom is -0.457 e. The van der Waals surface area contributed by atoms with Crippen molar-refractivity contribution in [3.05, 3.63) is 96.7 Å². The molecule has 3 aromatic carbocycles. The lowest BCUT2D eigenvalue weighted by molar-refractivity contribution is 0.150. The third-order valence-electron chi connectivity index (χ3n) is 7.43. The van der Waals surface area contributed by atoms with Gasteiger partial charge in [-0.3, -0.25) is 4.90 Å². The number of fused-ring (bicyclic) bond motifs is 2. The standard InChI is InChI=1S/C30H31N5O/c1-30(2)26-14-5-6-15-27(26)35(21-33(30)4)23-11-8-13-25(19-23)36-24-12-7-10-22(18-24)34-20-32(3)29-28(34)16-9-17-31-29/h5-19H,20-21H2,1-4H3.